The zero-order valence-electron chi connectivity index (χ0n) is 11.6. The standard InChI is InChI=1S/C15H20ClN3/c1-18-7-5-12(6-8-18)11-19(2)15-4-3-14(16)9-13(15)10-17/h3-4,9,12H,5-8,11H2,1-2H3. The molecule has 4 heteroatoms. The molecule has 0 aromatic heterocycles. The summed E-state index contributed by atoms with van der Waals surface area (Å²) in [6.07, 6.45) is 2.46. The summed E-state index contributed by atoms with van der Waals surface area (Å²) in [6.45, 7) is 3.35. The van der Waals surface area contributed by atoms with Crippen molar-refractivity contribution in [1.29, 1.82) is 5.26 Å². The minimum Gasteiger partial charge on any atom is -0.373 e. The van der Waals surface area contributed by atoms with Crippen LogP contribution >= 0.6 is 11.6 Å². The van der Waals surface area contributed by atoms with Gasteiger partial charge in [-0.3, -0.25) is 0 Å². The number of hydrogen-bond donors (Lipinski definition) is 0. The Morgan fingerprint density at radius 2 is 2.11 bits per heavy atom. The van der Waals surface area contributed by atoms with Crippen LogP contribution in [0, 0.1) is 17.2 Å². The summed E-state index contributed by atoms with van der Waals surface area (Å²) < 4.78 is 0. The second-order valence-electron chi connectivity index (χ2n) is 5.40. The second-order valence-corrected chi connectivity index (χ2v) is 5.84. The summed E-state index contributed by atoms with van der Waals surface area (Å²) >= 11 is 5.93. The van der Waals surface area contributed by atoms with E-state index in [9.17, 15) is 5.26 Å². The maximum absolute atomic E-state index is 9.19. The lowest BCUT2D eigenvalue weighted by atomic mass is 9.96. The van der Waals surface area contributed by atoms with Crippen LogP contribution in [0.5, 0.6) is 0 Å². The molecule has 0 saturated carbocycles. The number of piperidine rings is 1. The number of nitriles is 1. The number of anilines is 1. The normalized spacial score (nSPS) is 17.2. The molecule has 1 aliphatic heterocycles. The topological polar surface area (TPSA) is 30.3 Å². The summed E-state index contributed by atoms with van der Waals surface area (Å²) in [5.41, 5.74) is 1.63. The highest BCUT2D eigenvalue weighted by Crippen LogP contribution is 2.25. The number of rotatable bonds is 3. The number of likely N-dealkylation sites (tertiary alicyclic amines) is 1. The average Bonchev–Trinajstić information content (AvgIpc) is 2.41. The molecule has 0 amide bonds. The Bertz CT molecular complexity index is 473. The second kappa shape index (κ2) is 6.27. The van der Waals surface area contributed by atoms with Gasteiger partial charge in [0.15, 0.2) is 0 Å². The lowest BCUT2D eigenvalue weighted by Crippen LogP contribution is -2.35. The van der Waals surface area contributed by atoms with Gasteiger partial charge in [-0.05, 0) is 57.1 Å². The van der Waals surface area contributed by atoms with Gasteiger partial charge in [-0.2, -0.15) is 5.26 Å². The third-order valence-corrected chi connectivity index (χ3v) is 4.10. The van der Waals surface area contributed by atoms with Crippen LogP contribution in [0.3, 0.4) is 0 Å². The fourth-order valence-corrected chi connectivity index (χ4v) is 2.83. The number of hydrogen-bond acceptors (Lipinski definition) is 3. The van der Waals surface area contributed by atoms with E-state index in [1.807, 2.05) is 12.1 Å². The highest BCUT2D eigenvalue weighted by atomic mass is 35.5. The van der Waals surface area contributed by atoms with Crippen molar-refractivity contribution in [2.75, 3.05) is 38.6 Å². The number of benzene rings is 1. The fourth-order valence-electron chi connectivity index (χ4n) is 2.66. The van der Waals surface area contributed by atoms with Crippen LogP contribution in [-0.2, 0) is 0 Å². The molecular formula is C15H20ClN3. The molecule has 0 spiro atoms. The molecule has 0 aliphatic carbocycles. The number of nitrogens with zero attached hydrogens (tertiary/aromatic N) is 3. The van der Waals surface area contributed by atoms with Crippen LogP contribution in [0.25, 0.3) is 0 Å². The minimum atomic E-state index is 0.619. The lowest BCUT2D eigenvalue weighted by Gasteiger charge is -2.32. The lowest BCUT2D eigenvalue weighted by molar-refractivity contribution is 0.222. The number of halogens is 1. The van der Waals surface area contributed by atoms with E-state index in [0.29, 0.717) is 16.5 Å². The van der Waals surface area contributed by atoms with Gasteiger partial charge in [0, 0.05) is 18.6 Å². The summed E-state index contributed by atoms with van der Waals surface area (Å²) in [4.78, 5) is 4.56. The molecule has 0 atom stereocenters. The Morgan fingerprint density at radius 1 is 1.42 bits per heavy atom. The molecule has 3 nitrogen and oxygen atoms in total. The van der Waals surface area contributed by atoms with Crippen molar-refractivity contribution in [3.63, 3.8) is 0 Å². The monoisotopic (exact) mass is 277 g/mol. The van der Waals surface area contributed by atoms with Gasteiger partial charge in [0.1, 0.15) is 6.07 Å². The summed E-state index contributed by atoms with van der Waals surface area (Å²) in [6, 6.07) is 7.76. The van der Waals surface area contributed by atoms with Crippen LogP contribution in [0.4, 0.5) is 5.69 Å². The Kier molecular flexibility index (Phi) is 4.68. The van der Waals surface area contributed by atoms with Gasteiger partial charge in [-0.1, -0.05) is 11.6 Å². The predicted octanol–water partition coefficient (Wildman–Crippen LogP) is 2.99. The van der Waals surface area contributed by atoms with Crippen LogP contribution < -0.4 is 4.90 Å². The van der Waals surface area contributed by atoms with Gasteiger partial charge < -0.3 is 9.80 Å². The van der Waals surface area contributed by atoms with Crippen LogP contribution in [0.2, 0.25) is 5.02 Å². The van der Waals surface area contributed by atoms with Gasteiger partial charge in [0.05, 0.1) is 11.3 Å². The SMILES string of the molecule is CN1CCC(CN(C)c2ccc(Cl)cc2C#N)CC1. The molecule has 1 heterocycles. The van der Waals surface area contributed by atoms with Crippen LogP contribution in [-0.4, -0.2) is 38.6 Å². The van der Waals surface area contributed by atoms with E-state index < -0.39 is 0 Å². The summed E-state index contributed by atoms with van der Waals surface area (Å²) in [7, 11) is 4.23. The van der Waals surface area contributed by atoms with Gasteiger partial charge in [-0.25, -0.2) is 0 Å². The van der Waals surface area contributed by atoms with Gasteiger partial charge in [-0.15, -0.1) is 0 Å². The molecule has 0 unspecified atom stereocenters. The molecule has 19 heavy (non-hydrogen) atoms. The maximum Gasteiger partial charge on any atom is 0.101 e. The van der Waals surface area contributed by atoms with Gasteiger partial charge in [0.2, 0.25) is 0 Å². The molecule has 1 saturated heterocycles. The van der Waals surface area contributed by atoms with Crippen molar-refractivity contribution in [2.24, 2.45) is 5.92 Å². The van der Waals surface area contributed by atoms with E-state index in [2.05, 4.69) is 30.0 Å². The Hall–Kier alpha value is -1.24. The van der Waals surface area contributed by atoms with Crippen molar-refractivity contribution in [3.05, 3.63) is 28.8 Å². The predicted molar refractivity (Wildman–Crippen MR) is 79.7 cm³/mol. The molecule has 2 rings (SSSR count). The van der Waals surface area contributed by atoms with Gasteiger partial charge >= 0.3 is 0 Å². The van der Waals surface area contributed by atoms with E-state index in [4.69, 9.17) is 11.6 Å². The third kappa shape index (κ3) is 3.62. The molecule has 0 N–H and O–H groups in total. The van der Waals surface area contributed by atoms with E-state index in [1.165, 1.54) is 25.9 Å². The van der Waals surface area contributed by atoms with Gasteiger partial charge in [0.25, 0.3) is 0 Å². The quantitative estimate of drug-likeness (QED) is 0.851. The third-order valence-electron chi connectivity index (χ3n) is 3.86. The van der Waals surface area contributed by atoms with Crippen molar-refractivity contribution in [1.82, 2.24) is 4.90 Å². The highest BCUT2D eigenvalue weighted by molar-refractivity contribution is 6.30. The molecule has 1 aliphatic rings. The minimum absolute atomic E-state index is 0.619. The molecule has 1 aromatic rings. The first-order valence-corrected chi connectivity index (χ1v) is 7.07. The first-order chi connectivity index (χ1) is 9.10. The summed E-state index contributed by atoms with van der Waals surface area (Å²) in [5.74, 6) is 0.712. The average molecular weight is 278 g/mol. The smallest absolute Gasteiger partial charge is 0.101 e. The fraction of sp³-hybridized carbons (Fsp3) is 0.533. The molecule has 1 fully saturated rings. The highest BCUT2D eigenvalue weighted by Gasteiger charge is 2.19. The Morgan fingerprint density at radius 3 is 2.74 bits per heavy atom. The molecule has 0 bridgehead atoms. The molecule has 1 aromatic carbocycles. The van der Waals surface area contributed by atoms with Crippen molar-refractivity contribution >= 4 is 17.3 Å². The summed E-state index contributed by atoms with van der Waals surface area (Å²) in [5, 5.41) is 9.81. The zero-order chi connectivity index (χ0) is 13.8. The molecule has 0 radical (unpaired) electrons. The largest absolute Gasteiger partial charge is 0.373 e. The Labute approximate surface area is 120 Å². The first-order valence-electron chi connectivity index (χ1n) is 6.69. The van der Waals surface area contributed by atoms with Crippen LogP contribution in [0.1, 0.15) is 18.4 Å². The first kappa shape index (κ1) is 14.2. The van der Waals surface area contributed by atoms with Crippen molar-refractivity contribution < 1.29 is 0 Å². The van der Waals surface area contributed by atoms with E-state index >= 15 is 0 Å². The molecule has 102 valence electrons. The maximum atomic E-state index is 9.19. The zero-order valence-corrected chi connectivity index (χ0v) is 12.3. The Balaban J connectivity index is 2.04. The van der Waals surface area contributed by atoms with Crippen LogP contribution in [0.15, 0.2) is 18.2 Å². The van der Waals surface area contributed by atoms with E-state index in [1.54, 1.807) is 6.07 Å². The van der Waals surface area contributed by atoms with E-state index in [-0.39, 0.29) is 0 Å². The van der Waals surface area contributed by atoms with Crippen molar-refractivity contribution in [3.8, 4) is 6.07 Å². The van der Waals surface area contributed by atoms with E-state index in [0.717, 1.165) is 12.2 Å². The molecular weight excluding hydrogens is 258 g/mol. The van der Waals surface area contributed by atoms with Crippen molar-refractivity contribution in [2.45, 2.75) is 12.8 Å².